The third-order valence-corrected chi connectivity index (χ3v) is 2.57. The zero-order chi connectivity index (χ0) is 9.97. The van der Waals surface area contributed by atoms with Crippen LogP contribution in [0, 0.1) is 3.70 Å². The molecule has 1 aromatic heterocycles. The first-order valence-corrected chi connectivity index (χ1v) is 5.29. The van der Waals surface area contributed by atoms with Crippen molar-refractivity contribution >= 4 is 28.4 Å². The number of carbonyl (C=O) groups excluding carboxylic acids is 1. The molecular weight excluding hydrogens is 289 g/mol. The Hall–Kier alpha value is -1.10. The lowest BCUT2D eigenvalue weighted by molar-refractivity contribution is 0.103. The van der Waals surface area contributed by atoms with Crippen molar-refractivity contribution < 1.29 is 4.79 Å². The van der Waals surface area contributed by atoms with Crippen molar-refractivity contribution in [3.63, 3.8) is 0 Å². The Morgan fingerprint density at radius 1 is 1.14 bits per heavy atom. The fraction of sp³-hybridized carbons (Fsp3) is 0. The first kappa shape index (κ1) is 9.45. The summed E-state index contributed by atoms with van der Waals surface area (Å²) >= 11 is 2.15. The molecule has 1 aromatic carbocycles. The smallest absolute Gasteiger partial charge is 0.194 e. The van der Waals surface area contributed by atoms with Gasteiger partial charge in [0.2, 0.25) is 0 Å². The predicted octanol–water partition coefficient (Wildman–Crippen LogP) is 2.85. The summed E-state index contributed by atoms with van der Waals surface area (Å²) in [7, 11) is 0. The molecule has 2 aromatic rings. The van der Waals surface area contributed by atoms with Crippen molar-refractivity contribution in [1.82, 2.24) is 4.98 Å². The lowest BCUT2D eigenvalue weighted by Gasteiger charge is -1.95. The molecule has 0 atom stereocenters. The lowest BCUT2D eigenvalue weighted by atomic mass is 10.1. The van der Waals surface area contributed by atoms with E-state index in [0.29, 0.717) is 5.56 Å². The standard InChI is InChI=1S/C11H8INO/c12-10-6-9(7-13-10)11(14)8-4-2-1-3-5-8/h1-7,13H. The minimum atomic E-state index is 0.0600. The van der Waals surface area contributed by atoms with E-state index in [9.17, 15) is 4.79 Å². The van der Waals surface area contributed by atoms with E-state index < -0.39 is 0 Å². The summed E-state index contributed by atoms with van der Waals surface area (Å²) in [5, 5.41) is 0. The zero-order valence-corrected chi connectivity index (χ0v) is 9.49. The predicted molar refractivity (Wildman–Crippen MR) is 63.4 cm³/mol. The molecule has 0 bridgehead atoms. The molecule has 2 rings (SSSR count). The molecule has 1 N–H and O–H groups in total. The summed E-state index contributed by atoms with van der Waals surface area (Å²) < 4.78 is 0.974. The number of hydrogen-bond donors (Lipinski definition) is 1. The monoisotopic (exact) mass is 297 g/mol. The van der Waals surface area contributed by atoms with Crippen LogP contribution in [-0.4, -0.2) is 10.8 Å². The fourth-order valence-electron chi connectivity index (χ4n) is 1.25. The van der Waals surface area contributed by atoms with Crippen LogP contribution in [0.25, 0.3) is 0 Å². The third-order valence-electron chi connectivity index (χ3n) is 1.95. The number of hydrogen-bond acceptors (Lipinski definition) is 1. The number of ketones is 1. The van der Waals surface area contributed by atoms with Crippen molar-refractivity contribution in [2.24, 2.45) is 0 Å². The molecule has 0 saturated heterocycles. The largest absolute Gasteiger partial charge is 0.356 e. The van der Waals surface area contributed by atoms with Crippen molar-refractivity contribution in [2.45, 2.75) is 0 Å². The van der Waals surface area contributed by atoms with Crippen molar-refractivity contribution in [3.05, 3.63) is 57.4 Å². The van der Waals surface area contributed by atoms with Gasteiger partial charge in [-0.05, 0) is 28.7 Å². The Kier molecular flexibility index (Phi) is 2.67. The highest BCUT2D eigenvalue weighted by molar-refractivity contribution is 14.1. The second-order valence-electron chi connectivity index (χ2n) is 2.93. The highest BCUT2D eigenvalue weighted by atomic mass is 127. The second-order valence-corrected chi connectivity index (χ2v) is 4.09. The Morgan fingerprint density at radius 3 is 2.43 bits per heavy atom. The van der Waals surface area contributed by atoms with Gasteiger partial charge in [0.25, 0.3) is 0 Å². The summed E-state index contributed by atoms with van der Waals surface area (Å²) in [5.41, 5.74) is 1.43. The van der Waals surface area contributed by atoms with Crippen LogP contribution in [-0.2, 0) is 0 Å². The maximum absolute atomic E-state index is 11.8. The highest BCUT2D eigenvalue weighted by Crippen LogP contribution is 2.11. The van der Waals surface area contributed by atoms with E-state index in [-0.39, 0.29) is 5.78 Å². The second kappa shape index (κ2) is 3.96. The van der Waals surface area contributed by atoms with Gasteiger partial charge in [-0.25, -0.2) is 0 Å². The quantitative estimate of drug-likeness (QED) is 0.671. The Bertz CT molecular complexity index is 447. The van der Waals surface area contributed by atoms with Gasteiger partial charge in [0.05, 0.1) is 3.70 Å². The van der Waals surface area contributed by atoms with Crippen molar-refractivity contribution in [2.75, 3.05) is 0 Å². The molecule has 3 heteroatoms. The van der Waals surface area contributed by atoms with Crippen LogP contribution >= 0.6 is 22.6 Å². The van der Waals surface area contributed by atoms with E-state index in [4.69, 9.17) is 0 Å². The third kappa shape index (κ3) is 1.87. The van der Waals surface area contributed by atoms with Crippen molar-refractivity contribution in [3.8, 4) is 0 Å². The zero-order valence-electron chi connectivity index (χ0n) is 7.33. The SMILES string of the molecule is O=C(c1ccccc1)c1c[nH]c(I)c1. The van der Waals surface area contributed by atoms with Crippen LogP contribution in [0.1, 0.15) is 15.9 Å². The molecule has 14 heavy (non-hydrogen) atoms. The normalized spacial score (nSPS) is 10.1. The maximum Gasteiger partial charge on any atom is 0.194 e. The molecule has 0 aliphatic carbocycles. The molecule has 70 valence electrons. The van der Waals surface area contributed by atoms with Crippen LogP contribution in [0.15, 0.2) is 42.6 Å². The molecule has 0 fully saturated rings. The lowest BCUT2D eigenvalue weighted by Crippen LogP contribution is -1.98. The average Bonchev–Trinajstić information content (AvgIpc) is 2.65. The number of halogens is 1. The number of nitrogens with one attached hydrogen (secondary N) is 1. The van der Waals surface area contributed by atoms with Crippen LogP contribution in [0.4, 0.5) is 0 Å². The maximum atomic E-state index is 11.8. The van der Waals surface area contributed by atoms with Crippen LogP contribution < -0.4 is 0 Å². The van der Waals surface area contributed by atoms with E-state index in [2.05, 4.69) is 27.6 Å². The van der Waals surface area contributed by atoms with Crippen LogP contribution in [0.2, 0.25) is 0 Å². The van der Waals surface area contributed by atoms with Gasteiger partial charge in [-0.15, -0.1) is 0 Å². The number of H-pyrrole nitrogens is 1. The molecule has 2 nitrogen and oxygen atoms in total. The van der Waals surface area contributed by atoms with Gasteiger partial charge in [0.1, 0.15) is 0 Å². The molecule has 0 unspecified atom stereocenters. The van der Waals surface area contributed by atoms with E-state index in [1.165, 1.54) is 0 Å². The average molecular weight is 297 g/mol. The van der Waals surface area contributed by atoms with Crippen LogP contribution in [0.5, 0.6) is 0 Å². The summed E-state index contributed by atoms with van der Waals surface area (Å²) in [4.78, 5) is 14.8. The van der Waals surface area contributed by atoms with Gasteiger partial charge in [0, 0.05) is 17.3 Å². The Balaban J connectivity index is 2.34. The summed E-state index contributed by atoms with van der Waals surface area (Å²) in [5.74, 6) is 0.0600. The molecule has 0 saturated carbocycles. The number of benzene rings is 1. The van der Waals surface area contributed by atoms with Gasteiger partial charge in [-0.2, -0.15) is 0 Å². The minimum absolute atomic E-state index is 0.0600. The topological polar surface area (TPSA) is 32.9 Å². The van der Waals surface area contributed by atoms with Gasteiger partial charge in [-0.1, -0.05) is 30.3 Å². The van der Waals surface area contributed by atoms with Gasteiger partial charge in [0.15, 0.2) is 5.78 Å². The molecule has 0 amide bonds. The van der Waals surface area contributed by atoms with Crippen molar-refractivity contribution in [1.29, 1.82) is 0 Å². The Morgan fingerprint density at radius 2 is 1.86 bits per heavy atom. The van der Waals surface area contributed by atoms with E-state index in [0.717, 1.165) is 9.26 Å². The molecule has 0 aliphatic heterocycles. The highest BCUT2D eigenvalue weighted by Gasteiger charge is 2.09. The number of aromatic nitrogens is 1. The Labute approximate surface area is 95.5 Å². The van der Waals surface area contributed by atoms with Crippen LogP contribution in [0.3, 0.4) is 0 Å². The minimum Gasteiger partial charge on any atom is -0.356 e. The summed E-state index contributed by atoms with van der Waals surface area (Å²) in [6.07, 6.45) is 1.73. The van der Waals surface area contributed by atoms with E-state index >= 15 is 0 Å². The van der Waals surface area contributed by atoms with Gasteiger partial charge in [-0.3, -0.25) is 4.79 Å². The number of rotatable bonds is 2. The number of aromatic amines is 1. The number of carbonyl (C=O) groups is 1. The molecule has 0 radical (unpaired) electrons. The molecule has 1 heterocycles. The summed E-state index contributed by atoms with van der Waals surface area (Å²) in [6, 6.07) is 11.1. The first-order valence-electron chi connectivity index (χ1n) is 4.21. The molecule has 0 aliphatic rings. The summed E-state index contributed by atoms with van der Waals surface area (Å²) in [6.45, 7) is 0. The fourth-order valence-corrected chi connectivity index (χ4v) is 1.75. The van der Waals surface area contributed by atoms with Gasteiger partial charge >= 0.3 is 0 Å². The molecular formula is C11H8INO. The van der Waals surface area contributed by atoms with E-state index in [1.54, 1.807) is 6.20 Å². The van der Waals surface area contributed by atoms with Gasteiger partial charge < -0.3 is 4.98 Å². The van der Waals surface area contributed by atoms with E-state index in [1.807, 2.05) is 36.4 Å². The first-order chi connectivity index (χ1) is 6.77. The molecule has 0 spiro atoms.